The Hall–Kier alpha value is -1.07. The maximum absolute atomic E-state index is 10.2. The van der Waals surface area contributed by atoms with Gasteiger partial charge in [0, 0.05) is 6.20 Å². The number of nitrogens with zero attached hydrogens (tertiary/aromatic N) is 2. The van der Waals surface area contributed by atoms with Crippen molar-refractivity contribution >= 4 is 19.0 Å². The van der Waals surface area contributed by atoms with Crippen LogP contribution in [0.25, 0.3) is 0 Å². The van der Waals surface area contributed by atoms with Crippen LogP contribution in [0.5, 0.6) is 0 Å². The fourth-order valence-corrected chi connectivity index (χ4v) is 3.35. The molecule has 6 nitrogen and oxygen atoms in total. The molecule has 0 saturated carbocycles. The Labute approximate surface area is 125 Å². The number of ether oxygens (including phenoxy) is 1. The van der Waals surface area contributed by atoms with Gasteiger partial charge in [-0.15, -0.1) is 13.2 Å². The minimum atomic E-state index is -1.19. The summed E-state index contributed by atoms with van der Waals surface area (Å²) >= 11 is 0. The van der Waals surface area contributed by atoms with Crippen LogP contribution < -0.4 is 5.73 Å². The van der Waals surface area contributed by atoms with Crippen LogP contribution in [0.3, 0.4) is 0 Å². The van der Waals surface area contributed by atoms with Gasteiger partial charge in [-0.2, -0.15) is 0 Å². The third kappa shape index (κ3) is 3.77. The number of rotatable bonds is 4. The van der Waals surface area contributed by atoms with E-state index in [1.54, 1.807) is 17.2 Å². The smallest absolute Gasteiger partial charge is 0.164 e. The third-order valence-electron chi connectivity index (χ3n) is 3.59. The normalized spacial score (nSPS) is 33.4. The van der Waals surface area contributed by atoms with Gasteiger partial charge in [-0.25, -0.2) is 4.99 Å². The number of nitrogens with two attached hydrogens (primary N) is 1. The van der Waals surface area contributed by atoms with E-state index in [9.17, 15) is 10.2 Å². The second-order valence-corrected chi connectivity index (χ2v) is 10.5. The molecule has 0 bridgehead atoms. The maximum Gasteiger partial charge on any atom is 0.164 e. The Bertz CT molecular complexity index is 526. The Morgan fingerprint density at radius 2 is 2.10 bits per heavy atom. The van der Waals surface area contributed by atoms with Crippen LogP contribution in [0.2, 0.25) is 0 Å². The minimum absolute atomic E-state index is 0.351. The van der Waals surface area contributed by atoms with E-state index in [4.69, 9.17) is 10.5 Å². The number of aliphatic imine (C=N–C) groups is 1. The highest BCUT2D eigenvalue weighted by atomic mass is 31.2. The quantitative estimate of drug-likeness (QED) is 0.645. The lowest BCUT2D eigenvalue weighted by atomic mass is 10.1. The summed E-state index contributed by atoms with van der Waals surface area (Å²) in [7, 11) is 0. The van der Waals surface area contributed by atoms with Gasteiger partial charge in [-0.05, 0) is 32.0 Å². The molecule has 0 aromatic heterocycles. The molecule has 4 N–H and O–H groups in total. The van der Waals surface area contributed by atoms with Crippen molar-refractivity contribution in [3.05, 3.63) is 24.7 Å². The molecule has 21 heavy (non-hydrogen) atoms. The lowest BCUT2D eigenvalue weighted by Gasteiger charge is -2.30. The first-order valence-electron chi connectivity index (χ1n) is 6.87. The molecule has 0 aliphatic carbocycles. The molecule has 2 rings (SSSR count). The van der Waals surface area contributed by atoms with Gasteiger partial charge >= 0.3 is 0 Å². The van der Waals surface area contributed by atoms with E-state index in [1.807, 2.05) is 0 Å². The molecule has 0 aromatic rings. The zero-order chi connectivity index (χ0) is 15.8. The number of aliphatic hydroxyl groups excluding tert-OH is 2. The van der Waals surface area contributed by atoms with E-state index in [-0.39, 0.29) is 0 Å². The molecule has 0 radical (unpaired) electrons. The van der Waals surface area contributed by atoms with Crippen molar-refractivity contribution in [2.24, 2.45) is 10.7 Å². The highest BCUT2D eigenvalue weighted by Gasteiger charge is 2.45. The Morgan fingerprint density at radius 3 is 2.67 bits per heavy atom. The van der Waals surface area contributed by atoms with Gasteiger partial charge in [-0.1, -0.05) is 6.58 Å². The van der Waals surface area contributed by atoms with Crippen LogP contribution in [0.1, 0.15) is 6.42 Å². The van der Waals surface area contributed by atoms with E-state index < -0.39 is 31.4 Å². The van der Waals surface area contributed by atoms with E-state index in [1.165, 1.54) is 0 Å². The Kier molecular flexibility index (Phi) is 4.63. The number of amidine groups is 1. The van der Waals surface area contributed by atoms with Crippen molar-refractivity contribution < 1.29 is 14.9 Å². The summed E-state index contributed by atoms with van der Waals surface area (Å²) in [5.74, 6) is 0.737. The average molecular weight is 313 g/mol. The molecule has 1 unspecified atom stereocenters. The predicted octanol–water partition coefficient (Wildman–Crippen LogP) is 0.190. The standard InChI is InChI=1S/C14H24N3O3P/c1-9-16-11(15)5-7-17(9)14-13(19)12(18)10(20-14)6-8-21(2,3)4/h5,7,10,12-14,18-19H,1-2,6,8H2,3-4H3,(H2,15,16)/t10-,12-,13?,14-/m1/s1. The van der Waals surface area contributed by atoms with Gasteiger partial charge in [0.05, 0.1) is 6.10 Å². The highest BCUT2D eigenvalue weighted by molar-refractivity contribution is 7.72. The molecule has 7 heteroatoms. The Morgan fingerprint density at radius 1 is 1.43 bits per heavy atom. The van der Waals surface area contributed by atoms with Crippen molar-refractivity contribution in [2.45, 2.75) is 31.0 Å². The van der Waals surface area contributed by atoms with Crippen LogP contribution in [-0.4, -0.2) is 71.3 Å². The van der Waals surface area contributed by atoms with Gasteiger partial charge in [0.1, 0.15) is 23.9 Å². The first-order valence-corrected chi connectivity index (χ1v) is 9.93. The van der Waals surface area contributed by atoms with Crippen molar-refractivity contribution in [2.75, 3.05) is 19.5 Å². The summed E-state index contributed by atoms with van der Waals surface area (Å²) in [5.41, 5.74) is 5.59. The molecule has 0 amide bonds. The average Bonchev–Trinajstić information content (AvgIpc) is 2.64. The van der Waals surface area contributed by atoms with Crippen LogP contribution in [0.15, 0.2) is 29.7 Å². The summed E-state index contributed by atoms with van der Waals surface area (Å²) in [6.45, 7) is 6.87. The molecule has 1 fully saturated rings. The first-order chi connectivity index (χ1) is 9.69. The molecule has 2 aliphatic heterocycles. The number of aliphatic hydroxyl groups is 2. The van der Waals surface area contributed by atoms with E-state index in [0.29, 0.717) is 18.1 Å². The number of hydrogen-bond donors (Lipinski definition) is 3. The first kappa shape index (κ1) is 16.3. The summed E-state index contributed by atoms with van der Waals surface area (Å²) in [4.78, 5) is 5.63. The zero-order valence-electron chi connectivity index (χ0n) is 12.5. The maximum atomic E-state index is 10.2. The van der Waals surface area contributed by atoms with Crippen molar-refractivity contribution in [3.8, 4) is 0 Å². The van der Waals surface area contributed by atoms with Crippen LogP contribution >= 0.6 is 6.89 Å². The summed E-state index contributed by atoms with van der Waals surface area (Å²) in [6.07, 6.45) is 5.94. The molecule has 2 aliphatic rings. The zero-order valence-corrected chi connectivity index (χ0v) is 13.4. The van der Waals surface area contributed by atoms with E-state index in [0.717, 1.165) is 6.16 Å². The van der Waals surface area contributed by atoms with Gasteiger partial charge < -0.3 is 25.6 Å². The van der Waals surface area contributed by atoms with Crippen molar-refractivity contribution in [1.82, 2.24) is 4.90 Å². The molecule has 4 atom stereocenters. The number of hydrogen-bond acceptors (Lipinski definition) is 6. The molecule has 118 valence electrons. The van der Waals surface area contributed by atoms with Gasteiger partial charge in [0.2, 0.25) is 0 Å². The lowest BCUT2D eigenvalue weighted by molar-refractivity contribution is -0.0578. The fourth-order valence-electron chi connectivity index (χ4n) is 2.39. The SMILES string of the molecule is C=C1N=C(N)C=CN1[C@@H]1O[C@H](CCP(=C)(C)C)[C@@H](O)C1O. The van der Waals surface area contributed by atoms with Gasteiger partial charge in [0.25, 0.3) is 0 Å². The minimum Gasteiger partial charge on any atom is -0.388 e. The summed E-state index contributed by atoms with van der Waals surface area (Å²) in [6, 6.07) is 0. The van der Waals surface area contributed by atoms with Crippen LogP contribution in [0.4, 0.5) is 0 Å². The highest BCUT2D eigenvalue weighted by Crippen LogP contribution is 2.38. The molecule has 2 heterocycles. The van der Waals surface area contributed by atoms with Gasteiger partial charge in [-0.3, -0.25) is 0 Å². The molecular weight excluding hydrogens is 289 g/mol. The summed E-state index contributed by atoms with van der Waals surface area (Å²) < 4.78 is 5.82. The van der Waals surface area contributed by atoms with Crippen LogP contribution in [-0.2, 0) is 4.74 Å². The molecule has 0 spiro atoms. The molecular formula is C14H24N3O3P. The molecule has 1 saturated heterocycles. The van der Waals surface area contributed by atoms with E-state index in [2.05, 4.69) is 31.2 Å². The van der Waals surface area contributed by atoms with Crippen LogP contribution in [0, 0.1) is 0 Å². The molecule has 0 aromatic carbocycles. The van der Waals surface area contributed by atoms with E-state index >= 15 is 0 Å². The fraction of sp³-hybridized carbons (Fsp3) is 0.571. The predicted molar refractivity (Wildman–Crippen MR) is 87.8 cm³/mol. The second-order valence-electron chi connectivity index (χ2n) is 6.17. The largest absolute Gasteiger partial charge is 0.388 e. The Balaban J connectivity index is 2.05. The monoisotopic (exact) mass is 313 g/mol. The second kappa shape index (κ2) is 5.97. The lowest BCUT2D eigenvalue weighted by Crippen LogP contribution is -2.41. The topological polar surface area (TPSA) is 91.3 Å². The van der Waals surface area contributed by atoms with Crippen molar-refractivity contribution in [3.63, 3.8) is 0 Å². The summed E-state index contributed by atoms with van der Waals surface area (Å²) in [5, 5.41) is 20.4. The van der Waals surface area contributed by atoms with Crippen molar-refractivity contribution in [1.29, 1.82) is 0 Å². The third-order valence-corrected chi connectivity index (χ3v) is 5.06. The van der Waals surface area contributed by atoms with Gasteiger partial charge in [0.15, 0.2) is 6.23 Å².